The van der Waals surface area contributed by atoms with E-state index in [4.69, 9.17) is 9.84 Å². The molecule has 9 nitrogen and oxygen atoms in total. The number of benzene rings is 2. The molecule has 1 aliphatic rings. The number of amides is 2. The molecule has 0 saturated heterocycles. The van der Waals surface area contributed by atoms with Gasteiger partial charge in [-0.2, -0.15) is 0 Å². The molecule has 1 atom stereocenters. The fourth-order valence-electron chi connectivity index (χ4n) is 3.95. The predicted molar refractivity (Wildman–Crippen MR) is 129 cm³/mol. The summed E-state index contributed by atoms with van der Waals surface area (Å²) in [5.41, 5.74) is 2.55. The number of aromatic nitrogens is 1. The summed E-state index contributed by atoms with van der Waals surface area (Å²) in [5.74, 6) is -2.10. The molecule has 1 heterocycles. The maximum Gasteiger partial charge on any atom is 0.407 e. The van der Waals surface area contributed by atoms with E-state index in [0.717, 1.165) is 29.2 Å². The second-order valence-corrected chi connectivity index (χ2v) is 9.74. The molecule has 0 spiro atoms. The van der Waals surface area contributed by atoms with Crippen molar-refractivity contribution < 1.29 is 29.3 Å². The first-order valence-electron chi connectivity index (χ1n) is 11.0. The van der Waals surface area contributed by atoms with Gasteiger partial charge in [0.1, 0.15) is 17.3 Å². The highest BCUT2D eigenvalue weighted by Gasteiger charge is 2.31. The van der Waals surface area contributed by atoms with Crippen molar-refractivity contribution in [2.75, 3.05) is 13.2 Å². The lowest BCUT2D eigenvalue weighted by Gasteiger charge is -2.17. The summed E-state index contributed by atoms with van der Waals surface area (Å²) in [6.07, 6.45) is -0.594. The van der Waals surface area contributed by atoms with Crippen LogP contribution in [0.3, 0.4) is 0 Å². The maximum absolute atomic E-state index is 12.4. The molecule has 10 heteroatoms. The van der Waals surface area contributed by atoms with Gasteiger partial charge in [0.25, 0.3) is 5.91 Å². The molecule has 3 aromatic rings. The molecule has 35 heavy (non-hydrogen) atoms. The van der Waals surface area contributed by atoms with Gasteiger partial charge in [-0.25, -0.2) is 14.6 Å². The number of alkyl carbamates (subject to hydrolysis) is 1. The van der Waals surface area contributed by atoms with Crippen molar-refractivity contribution in [2.45, 2.75) is 31.9 Å². The van der Waals surface area contributed by atoms with Gasteiger partial charge in [-0.3, -0.25) is 4.79 Å². The van der Waals surface area contributed by atoms with E-state index < -0.39 is 30.1 Å². The van der Waals surface area contributed by atoms with Crippen LogP contribution in [0.2, 0.25) is 0 Å². The van der Waals surface area contributed by atoms with Crippen molar-refractivity contribution in [3.8, 4) is 11.1 Å². The Balaban J connectivity index is 1.32. The first kappa shape index (κ1) is 24.4. The van der Waals surface area contributed by atoms with Crippen LogP contribution in [0, 0.1) is 6.92 Å². The smallest absolute Gasteiger partial charge is 0.407 e. The van der Waals surface area contributed by atoms with Crippen LogP contribution < -0.4 is 10.6 Å². The van der Waals surface area contributed by atoms with Crippen molar-refractivity contribution in [1.29, 1.82) is 0 Å². The van der Waals surface area contributed by atoms with E-state index in [1.54, 1.807) is 6.92 Å². The SMILES string of the molecule is Cc1sc(CNC(=O)OCC2c3ccccc3-c3ccccc32)nc1C(=O)NCC(C)(O)C(=O)O. The number of nitrogens with zero attached hydrogens (tertiary/aromatic N) is 1. The number of thiazole rings is 1. The Morgan fingerprint density at radius 2 is 1.66 bits per heavy atom. The summed E-state index contributed by atoms with van der Waals surface area (Å²) in [4.78, 5) is 40.5. The number of carboxylic acids is 1. The van der Waals surface area contributed by atoms with Crippen LogP contribution in [-0.4, -0.2) is 51.9 Å². The molecule has 4 N–H and O–H groups in total. The highest BCUT2D eigenvalue weighted by Crippen LogP contribution is 2.44. The minimum Gasteiger partial charge on any atom is -0.479 e. The average molecular weight is 496 g/mol. The van der Waals surface area contributed by atoms with E-state index in [9.17, 15) is 19.5 Å². The van der Waals surface area contributed by atoms with Crippen LogP contribution in [0.4, 0.5) is 4.79 Å². The lowest BCUT2D eigenvalue weighted by Crippen LogP contribution is -2.46. The Hall–Kier alpha value is -3.76. The number of hydrogen-bond acceptors (Lipinski definition) is 7. The molecule has 2 aromatic carbocycles. The number of fused-ring (bicyclic) bond motifs is 3. The maximum atomic E-state index is 12.4. The standard InChI is InChI=1S/C25H25N3O6S/c1-14-21(22(29)27-13-25(2,33)23(30)31)28-20(35-14)11-26-24(32)34-12-19-17-9-5-3-7-15(17)16-8-4-6-10-18(16)19/h3-10,19,33H,11-13H2,1-2H3,(H,26,32)(H,27,29)(H,30,31). The van der Waals surface area contributed by atoms with E-state index in [-0.39, 0.29) is 24.8 Å². The second kappa shape index (κ2) is 9.85. The topological polar surface area (TPSA) is 138 Å². The Morgan fingerprint density at radius 3 is 2.26 bits per heavy atom. The molecule has 1 aliphatic carbocycles. The molecule has 1 unspecified atom stereocenters. The van der Waals surface area contributed by atoms with Crippen molar-refractivity contribution in [2.24, 2.45) is 0 Å². The molecule has 182 valence electrons. The van der Waals surface area contributed by atoms with Gasteiger partial charge in [-0.05, 0) is 36.1 Å². The van der Waals surface area contributed by atoms with Gasteiger partial charge in [0.15, 0.2) is 5.60 Å². The molecule has 0 radical (unpaired) electrons. The lowest BCUT2D eigenvalue weighted by molar-refractivity contribution is -0.155. The van der Waals surface area contributed by atoms with Crippen LogP contribution >= 0.6 is 11.3 Å². The number of carboxylic acid groups (broad SMARTS) is 1. The molecule has 0 bridgehead atoms. The summed E-state index contributed by atoms with van der Waals surface area (Å²) in [7, 11) is 0. The third kappa shape index (κ3) is 5.18. The summed E-state index contributed by atoms with van der Waals surface area (Å²) >= 11 is 1.23. The fraction of sp³-hybridized carbons (Fsp3) is 0.280. The molecule has 1 aromatic heterocycles. The van der Waals surface area contributed by atoms with Crippen molar-refractivity contribution >= 4 is 29.3 Å². The first-order valence-corrected chi connectivity index (χ1v) is 11.8. The molecule has 0 saturated carbocycles. The summed E-state index contributed by atoms with van der Waals surface area (Å²) in [6, 6.07) is 16.1. The third-order valence-electron chi connectivity index (χ3n) is 5.84. The average Bonchev–Trinajstić information content (AvgIpc) is 3.37. The van der Waals surface area contributed by atoms with Gasteiger partial charge in [0.05, 0.1) is 13.1 Å². The zero-order chi connectivity index (χ0) is 25.2. The van der Waals surface area contributed by atoms with E-state index >= 15 is 0 Å². The zero-order valence-electron chi connectivity index (χ0n) is 19.2. The normalized spacial score (nSPS) is 13.9. The summed E-state index contributed by atoms with van der Waals surface area (Å²) in [5, 5.41) is 24.2. The number of aliphatic carboxylic acids is 1. The molecule has 4 rings (SSSR count). The number of nitrogens with one attached hydrogen (secondary N) is 2. The van der Waals surface area contributed by atoms with Crippen LogP contribution in [0.15, 0.2) is 48.5 Å². The lowest BCUT2D eigenvalue weighted by atomic mass is 9.98. The third-order valence-corrected chi connectivity index (χ3v) is 6.81. The zero-order valence-corrected chi connectivity index (χ0v) is 20.0. The fourth-order valence-corrected chi connectivity index (χ4v) is 4.82. The number of carbonyl (C=O) groups is 3. The van der Waals surface area contributed by atoms with Gasteiger partial charge in [0.2, 0.25) is 0 Å². The Labute approximate surface area is 205 Å². The second-order valence-electron chi connectivity index (χ2n) is 8.45. The van der Waals surface area contributed by atoms with Gasteiger partial charge in [-0.15, -0.1) is 11.3 Å². The molecule has 0 fully saturated rings. The minimum atomic E-state index is -2.09. The Bertz CT molecular complexity index is 1240. The highest BCUT2D eigenvalue weighted by atomic mass is 32.1. The molecular weight excluding hydrogens is 470 g/mol. The molecular formula is C25H25N3O6S. The number of aliphatic hydroxyl groups is 1. The van der Waals surface area contributed by atoms with Gasteiger partial charge in [0, 0.05) is 10.8 Å². The predicted octanol–water partition coefficient (Wildman–Crippen LogP) is 3.06. The van der Waals surface area contributed by atoms with Crippen LogP contribution in [0.25, 0.3) is 11.1 Å². The van der Waals surface area contributed by atoms with Crippen molar-refractivity contribution in [3.63, 3.8) is 0 Å². The van der Waals surface area contributed by atoms with E-state index in [2.05, 4.69) is 27.8 Å². The monoisotopic (exact) mass is 495 g/mol. The minimum absolute atomic E-state index is 0.0476. The van der Waals surface area contributed by atoms with Crippen molar-refractivity contribution in [1.82, 2.24) is 15.6 Å². The quantitative estimate of drug-likeness (QED) is 0.377. The largest absolute Gasteiger partial charge is 0.479 e. The highest BCUT2D eigenvalue weighted by molar-refractivity contribution is 7.11. The summed E-state index contributed by atoms with van der Waals surface area (Å²) < 4.78 is 5.51. The van der Waals surface area contributed by atoms with Crippen LogP contribution in [-0.2, 0) is 16.1 Å². The molecule has 2 amide bonds. The Kier molecular flexibility index (Phi) is 6.86. The van der Waals surface area contributed by atoms with E-state index in [1.165, 1.54) is 11.3 Å². The van der Waals surface area contributed by atoms with E-state index in [1.807, 2.05) is 36.4 Å². The number of hydrogen-bond donors (Lipinski definition) is 4. The number of rotatable bonds is 8. The van der Waals surface area contributed by atoms with Crippen LogP contribution in [0.1, 0.15) is 44.3 Å². The number of ether oxygens (including phenoxy) is 1. The van der Waals surface area contributed by atoms with E-state index in [0.29, 0.717) is 9.88 Å². The van der Waals surface area contributed by atoms with Gasteiger partial charge >= 0.3 is 12.1 Å². The van der Waals surface area contributed by atoms with Crippen LogP contribution in [0.5, 0.6) is 0 Å². The first-order chi connectivity index (χ1) is 16.7. The van der Waals surface area contributed by atoms with Crippen molar-refractivity contribution in [3.05, 3.63) is 75.2 Å². The summed E-state index contributed by atoms with van der Waals surface area (Å²) in [6.45, 7) is 2.58. The van der Waals surface area contributed by atoms with Gasteiger partial charge in [-0.1, -0.05) is 48.5 Å². The number of aryl methyl sites for hydroxylation is 1. The number of carbonyl (C=O) groups excluding carboxylic acids is 2. The molecule has 0 aliphatic heterocycles. The Morgan fingerprint density at radius 1 is 1.06 bits per heavy atom. The van der Waals surface area contributed by atoms with Gasteiger partial charge < -0.3 is 25.6 Å².